The van der Waals surface area contributed by atoms with Crippen LogP contribution >= 0.6 is 0 Å². The van der Waals surface area contributed by atoms with Crippen molar-refractivity contribution in [2.45, 2.75) is 33.7 Å². The molecule has 1 aliphatic rings. The van der Waals surface area contributed by atoms with E-state index in [1.54, 1.807) is 11.8 Å². The van der Waals surface area contributed by atoms with Crippen LogP contribution in [0, 0.1) is 13.8 Å². The zero-order valence-corrected chi connectivity index (χ0v) is 22.2. The molecule has 1 atom stereocenters. The van der Waals surface area contributed by atoms with Crippen molar-refractivity contribution < 1.29 is 14.3 Å². The van der Waals surface area contributed by atoms with Gasteiger partial charge in [-0.25, -0.2) is 4.68 Å². The minimum Gasteiger partial charge on any atom is -0.493 e. The van der Waals surface area contributed by atoms with E-state index in [1.807, 2.05) is 68.4 Å². The summed E-state index contributed by atoms with van der Waals surface area (Å²) in [6.07, 6.45) is 0. The Morgan fingerprint density at radius 2 is 1.79 bits per heavy atom. The van der Waals surface area contributed by atoms with Crippen molar-refractivity contribution in [3.8, 4) is 22.9 Å². The number of methoxy groups -OCH3 is 1. The Balaban J connectivity index is 1.63. The molecule has 38 heavy (non-hydrogen) atoms. The highest BCUT2D eigenvalue weighted by atomic mass is 16.5. The molecule has 3 aromatic carbocycles. The number of para-hydroxylation sites is 1. The van der Waals surface area contributed by atoms with Gasteiger partial charge < -0.3 is 20.1 Å². The summed E-state index contributed by atoms with van der Waals surface area (Å²) in [6.45, 7) is 8.46. The van der Waals surface area contributed by atoms with E-state index < -0.39 is 6.04 Å². The SMILES string of the molecule is CCOc1ccc(C2C(C(=O)Nc3ccccc3)=C(C)Nc3nc(-c4ccc(C)c(C)c4)nn32)cc1OC. The number of carbonyl (C=O) groups excluding carboxylic acids is 1. The Labute approximate surface area is 222 Å². The lowest BCUT2D eigenvalue weighted by Gasteiger charge is -2.29. The Morgan fingerprint density at radius 1 is 1.00 bits per heavy atom. The van der Waals surface area contributed by atoms with Gasteiger partial charge in [0, 0.05) is 16.9 Å². The van der Waals surface area contributed by atoms with Gasteiger partial charge in [-0.1, -0.05) is 36.4 Å². The van der Waals surface area contributed by atoms with Crippen LogP contribution < -0.4 is 20.1 Å². The van der Waals surface area contributed by atoms with Gasteiger partial charge in [0.1, 0.15) is 6.04 Å². The maximum atomic E-state index is 13.7. The second-order valence-electron chi connectivity index (χ2n) is 9.23. The minimum absolute atomic E-state index is 0.229. The maximum absolute atomic E-state index is 13.7. The van der Waals surface area contributed by atoms with Gasteiger partial charge in [0.2, 0.25) is 5.95 Å². The Kier molecular flexibility index (Phi) is 6.87. The number of benzene rings is 3. The molecule has 1 unspecified atom stereocenters. The molecule has 1 amide bonds. The number of aromatic nitrogens is 3. The molecule has 0 spiro atoms. The third-order valence-electron chi connectivity index (χ3n) is 6.70. The predicted octanol–water partition coefficient (Wildman–Crippen LogP) is 5.90. The Bertz CT molecular complexity index is 1520. The van der Waals surface area contributed by atoms with Gasteiger partial charge in [0.25, 0.3) is 5.91 Å². The number of allylic oxidation sites excluding steroid dienone is 1. The van der Waals surface area contributed by atoms with Crippen molar-refractivity contribution in [3.05, 3.63) is 94.7 Å². The molecule has 8 nitrogen and oxygen atoms in total. The molecule has 8 heteroatoms. The van der Waals surface area contributed by atoms with E-state index in [4.69, 9.17) is 19.6 Å². The van der Waals surface area contributed by atoms with E-state index in [0.29, 0.717) is 46.8 Å². The minimum atomic E-state index is -0.549. The van der Waals surface area contributed by atoms with Crippen LogP contribution in [-0.2, 0) is 4.79 Å². The van der Waals surface area contributed by atoms with E-state index >= 15 is 0 Å². The summed E-state index contributed by atoms with van der Waals surface area (Å²) in [7, 11) is 1.60. The lowest BCUT2D eigenvalue weighted by molar-refractivity contribution is -0.113. The van der Waals surface area contributed by atoms with E-state index in [9.17, 15) is 4.79 Å². The van der Waals surface area contributed by atoms with Crippen LogP contribution in [0.1, 0.15) is 36.6 Å². The number of amides is 1. The highest BCUT2D eigenvalue weighted by Crippen LogP contribution is 2.40. The number of fused-ring (bicyclic) bond motifs is 1. The second-order valence-corrected chi connectivity index (χ2v) is 9.23. The zero-order chi connectivity index (χ0) is 26.8. The molecule has 194 valence electrons. The number of ether oxygens (including phenoxy) is 2. The number of nitrogens with zero attached hydrogens (tertiary/aromatic N) is 3. The van der Waals surface area contributed by atoms with Crippen LogP contribution in [0.25, 0.3) is 11.4 Å². The fourth-order valence-corrected chi connectivity index (χ4v) is 4.61. The third-order valence-corrected chi connectivity index (χ3v) is 6.70. The van der Waals surface area contributed by atoms with Crippen molar-refractivity contribution in [2.24, 2.45) is 0 Å². The molecule has 0 saturated heterocycles. The standard InChI is InChI=1S/C30H31N5O3/c1-6-38-24-15-14-21(17-25(24)37-5)27-26(29(36)32-23-10-8-7-9-11-23)20(4)31-30-33-28(34-35(27)30)22-13-12-18(2)19(3)16-22/h7-17,27H,6H2,1-5H3,(H,32,36)(H,31,33,34). The van der Waals surface area contributed by atoms with Crippen molar-refractivity contribution in [1.82, 2.24) is 14.8 Å². The zero-order valence-electron chi connectivity index (χ0n) is 22.2. The highest BCUT2D eigenvalue weighted by molar-refractivity contribution is 6.06. The average Bonchev–Trinajstić information content (AvgIpc) is 3.34. The Hall–Kier alpha value is -4.59. The first kappa shape index (κ1) is 25.1. The molecule has 0 fully saturated rings. The number of hydrogen-bond donors (Lipinski definition) is 2. The number of aryl methyl sites for hydroxylation is 2. The van der Waals surface area contributed by atoms with Crippen molar-refractivity contribution in [2.75, 3.05) is 24.4 Å². The van der Waals surface area contributed by atoms with E-state index in [0.717, 1.165) is 16.7 Å². The van der Waals surface area contributed by atoms with Crippen LogP contribution in [0.2, 0.25) is 0 Å². The smallest absolute Gasteiger partial charge is 0.255 e. The summed E-state index contributed by atoms with van der Waals surface area (Å²) < 4.78 is 13.1. The van der Waals surface area contributed by atoms with Gasteiger partial charge in [-0.2, -0.15) is 4.98 Å². The van der Waals surface area contributed by atoms with E-state index in [-0.39, 0.29) is 5.91 Å². The lowest BCUT2D eigenvalue weighted by Crippen LogP contribution is -2.31. The molecule has 5 rings (SSSR count). The molecule has 1 aliphatic heterocycles. The molecule has 0 aliphatic carbocycles. The summed E-state index contributed by atoms with van der Waals surface area (Å²) in [5, 5.41) is 11.2. The van der Waals surface area contributed by atoms with Gasteiger partial charge in [0.15, 0.2) is 17.3 Å². The maximum Gasteiger partial charge on any atom is 0.255 e. The number of nitrogens with one attached hydrogen (secondary N) is 2. The summed E-state index contributed by atoms with van der Waals surface area (Å²) in [4.78, 5) is 18.5. The molecule has 1 aromatic heterocycles. The first-order valence-corrected chi connectivity index (χ1v) is 12.6. The monoisotopic (exact) mass is 509 g/mol. The molecule has 0 saturated carbocycles. The molecule has 2 heterocycles. The van der Waals surface area contributed by atoms with Crippen LogP contribution in [0.3, 0.4) is 0 Å². The van der Waals surface area contributed by atoms with Crippen LogP contribution in [0.5, 0.6) is 11.5 Å². The third kappa shape index (κ3) is 4.72. The molecule has 4 aromatic rings. The van der Waals surface area contributed by atoms with Crippen LogP contribution in [0.4, 0.5) is 11.6 Å². The van der Waals surface area contributed by atoms with Crippen molar-refractivity contribution in [1.29, 1.82) is 0 Å². The first-order chi connectivity index (χ1) is 18.4. The summed E-state index contributed by atoms with van der Waals surface area (Å²) in [5.41, 5.74) is 6.03. The van der Waals surface area contributed by atoms with Gasteiger partial charge in [0.05, 0.1) is 19.3 Å². The average molecular weight is 510 g/mol. The van der Waals surface area contributed by atoms with Gasteiger partial charge in [-0.05, 0) is 74.7 Å². The number of hydrogen-bond acceptors (Lipinski definition) is 6. The lowest BCUT2D eigenvalue weighted by atomic mass is 9.94. The normalized spacial score (nSPS) is 14.5. The van der Waals surface area contributed by atoms with Crippen molar-refractivity contribution in [3.63, 3.8) is 0 Å². The van der Waals surface area contributed by atoms with E-state index in [2.05, 4.69) is 36.6 Å². The fourth-order valence-electron chi connectivity index (χ4n) is 4.61. The van der Waals surface area contributed by atoms with Crippen LogP contribution in [0.15, 0.2) is 78.0 Å². The predicted molar refractivity (Wildman–Crippen MR) is 149 cm³/mol. The number of carbonyl (C=O) groups is 1. The molecule has 0 radical (unpaired) electrons. The molecule has 2 N–H and O–H groups in total. The van der Waals surface area contributed by atoms with Gasteiger partial charge >= 0.3 is 0 Å². The molecule has 0 bridgehead atoms. The molecular weight excluding hydrogens is 478 g/mol. The van der Waals surface area contributed by atoms with E-state index in [1.165, 1.54) is 5.56 Å². The number of anilines is 2. The summed E-state index contributed by atoms with van der Waals surface area (Å²) >= 11 is 0. The summed E-state index contributed by atoms with van der Waals surface area (Å²) in [5.74, 6) is 2.13. The highest BCUT2D eigenvalue weighted by Gasteiger charge is 2.35. The van der Waals surface area contributed by atoms with Gasteiger partial charge in [-0.3, -0.25) is 4.79 Å². The largest absolute Gasteiger partial charge is 0.493 e. The first-order valence-electron chi connectivity index (χ1n) is 12.6. The Morgan fingerprint density at radius 3 is 2.50 bits per heavy atom. The second kappa shape index (κ2) is 10.4. The van der Waals surface area contributed by atoms with Crippen molar-refractivity contribution >= 4 is 17.5 Å². The van der Waals surface area contributed by atoms with Crippen LogP contribution in [-0.4, -0.2) is 34.4 Å². The summed E-state index contributed by atoms with van der Waals surface area (Å²) in [6, 6.07) is 20.7. The molecular formula is C30H31N5O3. The van der Waals surface area contributed by atoms with Gasteiger partial charge in [-0.15, -0.1) is 5.10 Å². The topological polar surface area (TPSA) is 90.3 Å². The fraction of sp³-hybridized carbons (Fsp3) is 0.233. The quantitative estimate of drug-likeness (QED) is 0.323. The number of rotatable bonds is 7.